The molecule has 0 spiro atoms. The number of sulfonamides is 1. The first-order valence-corrected chi connectivity index (χ1v) is 6.12. The van der Waals surface area contributed by atoms with Crippen molar-refractivity contribution in [1.29, 1.82) is 0 Å². The highest BCUT2D eigenvalue weighted by atomic mass is 32.2. The third kappa shape index (κ3) is 3.51. The molecule has 0 aliphatic heterocycles. The third-order valence-electron chi connectivity index (χ3n) is 1.95. The van der Waals surface area contributed by atoms with E-state index in [0.29, 0.717) is 0 Å². The standard InChI is InChI=1S/C8H13N3O5S/c1-16-5-4-11(6-8(12)13)17(14,15)7-2-3-9-10-7/h2-3H,4-6H2,1H3,(H,9,10)(H,12,13). The van der Waals surface area contributed by atoms with E-state index in [1.54, 1.807) is 0 Å². The minimum Gasteiger partial charge on any atom is -0.480 e. The van der Waals surface area contributed by atoms with Gasteiger partial charge in [-0.25, -0.2) is 8.42 Å². The molecule has 96 valence electrons. The van der Waals surface area contributed by atoms with Gasteiger partial charge in [-0.2, -0.15) is 9.40 Å². The van der Waals surface area contributed by atoms with Crippen molar-refractivity contribution in [3.63, 3.8) is 0 Å². The van der Waals surface area contributed by atoms with Gasteiger partial charge in [0.2, 0.25) is 0 Å². The Kier molecular flexibility index (Phi) is 4.61. The smallest absolute Gasteiger partial charge is 0.318 e. The molecule has 0 saturated heterocycles. The molecule has 0 aromatic carbocycles. The first kappa shape index (κ1) is 13.6. The summed E-state index contributed by atoms with van der Waals surface area (Å²) >= 11 is 0. The molecule has 9 heteroatoms. The van der Waals surface area contributed by atoms with Gasteiger partial charge in [0.25, 0.3) is 10.0 Å². The van der Waals surface area contributed by atoms with Crippen LogP contribution in [0, 0.1) is 0 Å². The highest BCUT2D eigenvalue weighted by Gasteiger charge is 2.27. The topological polar surface area (TPSA) is 113 Å². The summed E-state index contributed by atoms with van der Waals surface area (Å²) in [6.07, 6.45) is 1.28. The summed E-state index contributed by atoms with van der Waals surface area (Å²) in [7, 11) is -2.47. The lowest BCUT2D eigenvalue weighted by Gasteiger charge is -2.18. The zero-order chi connectivity index (χ0) is 12.9. The Morgan fingerprint density at radius 3 is 2.82 bits per heavy atom. The Morgan fingerprint density at radius 1 is 1.65 bits per heavy atom. The fraction of sp³-hybridized carbons (Fsp3) is 0.500. The third-order valence-corrected chi connectivity index (χ3v) is 3.72. The van der Waals surface area contributed by atoms with E-state index in [9.17, 15) is 13.2 Å². The maximum atomic E-state index is 12.0. The molecular weight excluding hydrogens is 250 g/mol. The number of ether oxygens (including phenoxy) is 1. The summed E-state index contributed by atoms with van der Waals surface area (Å²) in [6, 6.07) is 1.26. The second kappa shape index (κ2) is 5.75. The number of carboxylic acid groups (broad SMARTS) is 1. The summed E-state index contributed by atoms with van der Waals surface area (Å²) in [5.41, 5.74) is 0. The molecule has 1 rings (SSSR count). The molecule has 0 aliphatic rings. The Bertz CT molecular complexity index is 456. The number of nitrogens with zero attached hydrogens (tertiary/aromatic N) is 2. The molecule has 0 radical (unpaired) electrons. The van der Waals surface area contributed by atoms with E-state index < -0.39 is 22.5 Å². The number of aromatic nitrogens is 2. The number of hydrogen-bond acceptors (Lipinski definition) is 5. The van der Waals surface area contributed by atoms with Crippen molar-refractivity contribution >= 4 is 16.0 Å². The number of nitrogens with one attached hydrogen (secondary N) is 1. The van der Waals surface area contributed by atoms with Crippen LogP contribution in [-0.4, -0.2) is 60.8 Å². The van der Waals surface area contributed by atoms with Gasteiger partial charge < -0.3 is 9.84 Å². The van der Waals surface area contributed by atoms with Crippen molar-refractivity contribution in [2.24, 2.45) is 0 Å². The first-order valence-electron chi connectivity index (χ1n) is 4.68. The van der Waals surface area contributed by atoms with Crippen molar-refractivity contribution in [3.8, 4) is 0 Å². The normalized spacial score (nSPS) is 11.9. The summed E-state index contributed by atoms with van der Waals surface area (Å²) in [6.45, 7) is -0.546. The lowest BCUT2D eigenvalue weighted by molar-refractivity contribution is -0.137. The summed E-state index contributed by atoms with van der Waals surface area (Å²) in [5.74, 6) is -1.23. The zero-order valence-electron chi connectivity index (χ0n) is 9.16. The molecule has 0 bridgehead atoms. The van der Waals surface area contributed by atoms with Crippen molar-refractivity contribution in [2.75, 3.05) is 26.8 Å². The molecule has 0 atom stereocenters. The molecule has 2 N–H and O–H groups in total. The van der Waals surface area contributed by atoms with Crippen LogP contribution in [0.1, 0.15) is 0 Å². The van der Waals surface area contributed by atoms with Crippen LogP contribution >= 0.6 is 0 Å². The molecule has 1 aromatic rings. The average Bonchev–Trinajstić information content (AvgIpc) is 2.77. The Morgan fingerprint density at radius 2 is 2.35 bits per heavy atom. The predicted octanol–water partition coefficient (Wildman–Crippen LogP) is -0.869. The maximum absolute atomic E-state index is 12.0. The summed E-state index contributed by atoms with van der Waals surface area (Å²) in [4.78, 5) is 10.6. The van der Waals surface area contributed by atoms with Crippen LogP contribution in [-0.2, 0) is 19.6 Å². The van der Waals surface area contributed by atoms with E-state index in [-0.39, 0.29) is 18.2 Å². The second-order valence-corrected chi connectivity index (χ2v) is 5.05. The molecule has 0 saturated carbocycles. The molecule has 0 aliphatic carbocycles. The Hall–Kier alpha value is -1.45. The largest absolute Gasteiger partial charge is 0.480 e. The SMILES string of the molecule is COCCN(CC(=O)O)S(=O)(=O)c1ccn[nH]1. The molecule has 0 fully saturated rings. The van der Waals surface area contributed by atoms with Gasteiger partial charge in [-0.1, -0.05) is 0 Å². The molecule has 17 heavy (non-hydrogen) atoms. The van der Waals surface area contributed by atoms with Gasteiger partial charge >= 0.3 is 5.97 Å². The number of rotatable bonds is 7. The Balaban J connectivity index is 2.92. The van der Waals surface area contributed by atoms with Gasteiger partial charge in [0, 0.05) is 13.7 Å². The van der Waals surface area contributed by atoms with Gasteiger partial charge in [-0.05, 0) is 6.07 Å². The van der Waals surface area contributed by atoms with E-state index in [4.69, 9.17) is 9.84 Å². The molecular formula is C8H13N3O5S. The fourth-order valence-corrected chi connectivity index (χ4v) is 2.43. The van der Waals surface area contributed by atoms with Crippen LogP contribution in [0.3, 0.4) is 0 Å². The molecule has 0 amide bonds. The lowest BCUT2D eigenvalue weighted by atomic mass is 10.6. The number of aromatic amines is 1. The van der Waals surface area contributed by atoms with E-state index in [2.05, 4.69) is 10.2 Å². The summed E-state index contributed by atoms with van der Waals surface area (Å²) < 4.78 is 29.5. The minimum atomic E-state index is -3.87. The molecule has 0 unspecified atom stereocenters. The minimum absolute atomic E-state index is 0.0375. The van der Waals surface area contributed by atoms with Crippen LogP contribution in [0.4, 0.5) is 0 Å². The van der Waals surface area contributed by atoms with Gasteiger partial charge in [0.05, 0.1) is 12.8 Å². The van der Waals surface area contributed by atoms with E-state index in [1.165, 1.54) is 19.4 Å². The van der Waals surface area contributed by atoms with Crippen LogP contribution in [0.25, 0.3) is 0 Å². The number of aliphatic carboxylic acids is 1. The van der Waals surface area contributed by atoms with Crippen molar-refractivity contribution in [2.45, 2.75) is 5.03 Å². The number of carbonyl (C=O) groups is 1. The fourth-order valence-electron chi connectivity index (χ4n) is 1.15. The van der Waals surface area contributed by atoms with Gasteiger partial charge in [-0.3, -0.25) is 9.89 Å². The van der Waals surface area contributed by atoms with E-state index in [0.717, 1.165) is 4.31 Å². The number of hydrogen-bond donors (Lipinski definition) is 2. The molecule has 8 nitrogen and oxygen atoms in total. The predicted molar refractivity (Wildman–Crippen MR) is 56.9 cm³/mol. The van der Waals surface area contributed by atoms with Crippen molar-refractivity contribution in [1.82, 2.24) is 14.5 Å². The summed E-state index contributed by atoms with van der Waals surface area (Å²) in [5, 5.41) is 14.3. The van der Waals surface area contributed by atoms with Gasteiger partial charge in [0.1, 0.15) is 6.54 Å². The second-order valence-electron chi connectivity index (χ2n) is 3.15. The monoisotopic (exact) mass is 263 g/mol. The quantitative estimate of drug-likeness (QED) is 0.661. The highest BCUT2D eigenvalue weighted by molar-refractivity contribution is 7.89. The zero-order valence-corrected chi connectivity index (χ0v) is 9.98. The highest BCUT2D eigenvalue weighted by Crippen LogP contribution is 2.11. The van der Waals surface area contributed by atoms with Crippen LogP contribution < -0.4 is 0 Å². The van der Waals surface area contributed by atoms with Crippen molar-refractivity contribution in [3.05, 3.63) is 12.3 Å². The Labute approximate surface area is 98.2 Å². The van der Waals surface area contributed by atoms with Crippen LogP contribution in [0.5, 0.6) is 0 Å². The maximum Gasteiger partial charge on any atom is 0.318 e. The number of H-pyrrole nitrogens is 1. The van der Waals surface area contributed by atoms with Crippen LogP contribution in [0.15, 0.2) is 17.3 Å². The molecule has 1 heterocycles. The van der Waals surface area contributed by atoms with Crippen molar-refractivity contribution < 1.29 is 23.1 Å². The van der Waals surface area contributed by atoms with Gasteiger partial charge in [-0.15, -0.1) is 0 Å². The van der Waals surface area contributed by atoms with E-state index in [1.807, 2.05) is 0 Å². The first-order chi connectivity index (χ1) is 7.98. The van der Waals surface area contributed by atoms with Crippen LogP contribution in [0.2, 0.25) is 0 Å². The lowest BCUT2D eigenvalue weighted by Crippen LogP contribution is -2.38. The number of carboxylic acids is 1. The van der Waals surface area contributed by atoms with Gasteiger partial charge in [0.15, 0.2) is 5.03 Å². The molecule has 1 aromatic heterocycles. The average molecular weight is 263 g/mol. The van der Waals surface area contributed by atoms with E-state index >= 15 is 0 Å². The number of methoxy groups -OCH3 is 1.